The fourth-order valence-corrected chi connectivity index (χ4v) is 4.17. The molecule has 3 aliphatic rings. The zero-order valence-corrected chi connectivity index (χ0v) is 12.6. The van der Waals surface area contributed by atoms with Crippen molar-refractivity contribution in [2.24, 2.45) is 11.8 Å². The lowest BCUT2D eigenvalue weighted by Crippen LogP contribution is -2.80. The average molecular weight is 293 g/mol. The van der Waals surface area contributed by atoms with E-state index in [0.29, 0.717) is 6.42 Å². The predicted octanol–water partition coefficient (Wildman–Crippen LogP) is 1.30. The molecule has 0 aromatic rings. The summed E-state index contributed by atoms with van der Waals surface area (Å²) in [5.41, 5.74) is -2.20. The van der Waals surface area contributed by atoms with E-state index >= 15 is 0 Å². The molecule has 0 bridgehead atoms. The summed E-state index contributed by atoms with van der Waals surface area (Å²) in [7, 11) is 0. The molecule has 2 aliphatic heterocycles. The maximum Gasteiger partial charge on any atom is 0.339 e. The van der Waals surface area contributed by atoms with Gasteiger partial charge in [-0.05, 0) is 32.6 Å². The third-order valence-corrected chi connectivity index (χ3v) is 5.43. The van der Waals surface area contributed by atoms with Gasteiger partial charge in [-0.1, -0.05) is 25.5 Å². The van der Waals surface area contributed by atoms with Crippen molar-refractivity contribution in [3.8, 4) is 0 Å². The minimum absolute atomic E-state index is 0.105. The molecule has 2 fully saturated rings. The van der Waals surface area contributed by atoms with Gasteiger partial charge in [0.25, 0.3) is 0 Å². The molecule has 2 saturated heterocycles. The zero-order chi connectivity index (χ0) is 15.3. The first-order chi connectivity index (χ1) is 9.97. The van der Waals surface area contributed by atoms with E-state index in [-0.39, 0.29) is 17.7 Å². The Balaban J connectivity index is 1.94. The van der Waals surface area contributed by atoms with Crippen molar-refractivity contribution >= 4 is 11.9 Å². The van der Waals surface area contributed by atoms with E-state index in [9.17, 15) is 14.7 Å². The first-order valence-corrected chi connectivity index (χ1v) is 7.87. The molecule has 0 unspecified atom stereocenters. The number of ether oxygens (including phenoxy) is 1. The van der Waals surface area contributed by atoms with Gasteiger partial charge in [0.15, 0.2) is 5.60 Å². The summed E-state index contributed by atoms with van der Waals surface area (Å²) < 4.78 is 5.40. The highest BCUT2D eigenvalue weighted by molar-refractivity contribution is 6.01. The number of carbonyl (C=O) groups is 2. The lowest BCUT2D eigenvalue weighted by molar-refractivity contribution is -0.238. The van der Waals surface area contributed by atoms with Crippen LogP contribution >= 0.6 is 0 Å². The van der Waals surface area contributed by atoms with Crippen molar-refractivity contribution in [2.45, 2.75) is 63.2 Å². The zero-order valence-electron chi connectivity index (χ0n) is 12.6. The third-order valence-electron chi connectivity index (χ3n) is 5.43. The fraction of sp³-hybridized carbons (Fsp3) is 0.750. The Bertz CT molecular complexity index is 503. The number of rotatable bonds is 4. The quantitative estimate of drug-likeness (QED) is 0.605. The van der Waals surface area contributed by atoms with Crippen LogP contribution in [0.1, 0.15) is 46.0 Å². The Morgan fingerprint density at radius 3 is 2.86 bits per heavy atom. The highest BCUT2D eigenvalue weighted by atomic mass is 16.6. The molecule has 5 nitrogen and oxygen atoms in total. The van der Waals surface area contributed by atoms with Gasteiger partial charge >= 0.3 is 5.97 Å². The Labute approximate surface area is 124 Å². The van der Waals surface area contributed by atoms with Gasteiger partial charge in [0.05, 0.1) is 12.0 Å². The van der Waals surface area contributed by atoms with E-state index in [0.717, 1.165) is 25.7 Å². The second-order valence-corrected chi connectivity index (χ2v) is 6.60. The van der Waals surface area contributed by atoms with Gasteiger partial charge in [-0.25, -0.2) is 4.79 Å². The van der Waals surface area contributed by atoms with Crippen molar-refractivity contribution in [1.82, 2.24) is 5.32 Å². The van der Waals surface area contributed by atoms with E-state index < -0.39 is 23.2 Å². The lowest BCUT2D eigenvalue weighted by atomic mass is 9.64. The molecule has 0 spiro atoms. The highest BCUT2D eigenvalue weighted by Gasteiger charge is 2.79. The van der Waals surface area contributed by atoms with Crippen molar-refractivity contribution in [3.63, 3.8) is 0 Å². The SMILES string of the molecule is CCC[C@H]1C(=O)N[C@@]2([C@@H](O)[C@@H]3C=CCCC3)C(=O)O[C@@]12C. The van der Waals surface area contributed by atoms with Crippen LogP contribution in [0.5, 0.6) is 0 Å². The van der Waals surface area contributed by atoms with Gasteiger partial charge in [-0.2, -0.15) is 0 Å². The number of nitrogens with one attached hydrogen (secondary N) is 1. The van der Waals surface area contributed by atoms with Gasteiger partial charge in [0.2, 0.25) is 11.4 Å². The van der Waals surface area contributed by atoms with E-state index in [4.69, 9.17) is 4.74 Å². The lowest BCUT2D eigenvalue weighted by Gasteiger charge is -2.54. The number of fused-ring (bicyclic) bond motifs is 1. The fourth-order valence-electron chi connectivity index (χ4n) is 4.17. The summed E-state index contributed by atoms with van der Waals surface area (Å²) in [4.78, 5) is 24.5. The number of hydrogen-bond donors (Lipinski definition) is 2. The van der Waals surface area contributed by atoms with Crippen molar-refractivity contribution in [3.05, 3.63) is 12.2 Å². The molecule has 21 heavy (non-hydrogen) atoms. The molecule has 5 atom stereocenters. The van der Waals surface area contributed by atoms with Gasteiger partial charge in [-0.3, -0.25) is 4.79 Å². The third kappa shape index (κ3) is 1.73. The number of hydrogen-bond acceptors (Lipinski definition) is 4. The van der Waals surface area contributed by atoms with Crippen molar-refractivity contribution < 1.29 is 19.4 Å². The summed E-state index contributed by atoms with van der Waals surface area (Å²) in [6.07, 6.45) is 7.40. The maximum absolute atomic E-state index is 12.3. The molecule has 2 heterocycles. The largest absolute Gasteiger partial charge is 0.453 e. The summed E-state index contributed by atoms with van der Waals surface area (Å²) in [6, 6.07) is 0. The maximum atomic E-state index is 12.3. The molecule has 3 rings (SSSR count). The molecular formula is C16H23NO4. The smallest absolute Gasteiger partial charge is 0.339 e. The number of allylic oxidation sites excluding steroid dienone is 1. The molecule has 0 aromatic carbocycles. The Hall–Kier alpha value is -1.36. The molecule has 0 saturated carbocycles. The van der Waals surface area contributed by atoms with Gasteiger partial charge in [0.1, 0.15) is 0 Å². The molecule has 0 aromatic heterocycles. The Morgan fingerprint density at radius 2 is 2.29 bits per heavy atom. The van der Waals surface area contributed by atoms with Crippen LogP contribution in [0, 0.1) is 11.8 Å². The summed E-state index contributed by atoms with van der Waals surface area (Å²) in [5.74, 6) is -1.15. The van der Waals surface area contributed by atoms with Crippen molar-refractivity contribution in [1.29, 1.82) is 0 Å². The molecule has 2 N–H and O–H groups in total. The average Bonchev–Trinajstić information content (AvgIpc) is 2.65. The first kappa shape index (κ1) is 14.6. The van der Waals surface area contributed by atoms with Crippen molar-refractivity contribution in [2.75, 3.05) is 0 Å². The summed E-state index contributed by atoms with van der Waals surface area (Å²) in [5, 5.41) is 13.6. The highest BCUT2D eigenvalue weighted by Crippen LogP contribution is 2.53. The van der Waals surface area contributed by atoms with Gasteiger partial charge in [0, 0.05) is 5.92 Å². The molecular weight excluding hydrogens is 270 g/mol. The van der Waals surface area contributed by atoms with Crippen LogP contribution in [-0.4, -0.2) is 34.2 Å². The summed E-state index contributed by atoms with van der Waals surface area (Å²) in [6.45, 7) is 3.78. The number of esters is 1. The Kier molecular flexibility index (Phi) is 3.35. The minimum atomic E-state index is -1.27. The second kappa shape index (κ2) is 4.83. The van der Waals surface area contributed by atoms with Crippen LogP contribution < -0.4 is 5.32 Å². The van der Waals surface area contributed by atoms with Crippen LogP contribution in [0.15, 0.2) is 12.2 Å². The van der Waals surface area contributed by atoms with Crippen LogP contribution in [0.25, 0.3) is 0 Å². The van der Waals surface area contributed by atoms with Crippen LogP contribution in [0.3, 0.4) is 0 Å². The molecule has 1 aliphatic carbocycles. The monoisotopic (exact) mass is 293 g/mol. The minimum Gasteiger partial charge on any atom is -0.453 e. The summed E-state index contributed by atoms with van der Waals surface area (Å²) >= 11 is 0. The molecule has 116 valence electrons. The van der Waals surface area contributed by atoms with E-state index in [1.54, 1.807) is 6.92 Å². The normalized spacial score (nSPS) is 42.8. The standard InChI is InChI=1S/C16H23NO4/c1-3-7-11-13(19)17-16(14(20)21-15(11,16)2)12(18)10-8-5-4-6-9-10/h5,8,10-12,18H,3-4,6-7,9H2,1-2H3,(H,17,19)/t10-,11+,12+,15+,16+/m1/s1. The predicted molar refractivity (Wildman–Crippen MR) is 76.3 cm³/mol. The molecule has 1 amide bonds. The van der Waals surface area contributed by atoms with Crippen LogP contribution in [0.2, 0.25) is 0 Å². The van der Waals surface area contributed by atoms with E-state index in [2.05, 4.69) is 5.32 Å². The molecule has 0 radical (unpaired) electrons. The van der Waals surface area contributed by atoms with E-state index in [1.165, 1.54) is 0 Å². The van der Waals surface area contributed by atoms with Crippen LogP contribution in [-0.2, 0) is 14.3 Å². The Morgan fingerprint density at radius 1 is 1.52 bits per heavy atom. The van der Waals surface area contributed by atoms with Crippen LogP contribution in [0.4, 0.5) is 0 Å². The number of carbonyl (C=O) groups excluding carboxylic acids is 2. The van der Waals surface area contributed by atoms with E-state index in [1.807, 2.05) is 19.1 Å². The number of aliphatic hydroxyl groups excluding tert-OH is 1. The van der Waals surface area contributed by atoms with Gasteiger partial charge in [-0.15, -0.1) is 0 Å². The number of amides is 1. The first-order valence-electron chi connectivity index (χ1n) is 7.87. The number of aliphatic hydroxyl groups is 1. The second-order valence-electron chi connectivity index (χ2n) is 6.60. The molecule has 5 heteroatoms. The topological polar surface area (TPSA) is 75.6 Å². The van der Waals surface area contributed by atoms with Gasteiger partial charge < -0.3 is 15.2 Å².